The first-order valence-corrected chi connectivity index (χ1v) is 11.0. The number of amides is 2. The van der Waals surface area contributed by atoms with E-state index in [9.17, 15) is 9.59 Å². The molecule has 1 unspecified atom stereocenters. The summed E-state index contributed by atoms with van der Waals surface area (Å²) < 4.78 is 0.393. The molecule has 0 bridgehead atoms. The van der Waals surface area contributed by atoms with Crippen molar-refractivity contribution in [3.05, 3.63) is 80.9 Å². The van der Waals surface area contributed by atoms with E-state index in [4.69, 9.17) is 11.6 Å². The second-order valence-corrected chi connectivity index (χ2v) is 8.58. The zero-order chi connectivity index (χ0) is 21.8. The Kier molecular flexibility index (Phi) is 6.70. The molecule has 4 rings (SSSR count). The Bertz CT molecular complexity index is 1090. The zero-order valence-electron chi connectivity index (χ0n) is 16.6. The Hall–Kier alpha value is -2.68. The van der Waals surface area contributed by atoms with Gasteiger partial charge in [-0.1, -0.05) is 54.1 Å². The van der Waals surface area contributed by atoms with E-state index in [0.29, 0.717) is 15.1 Å². The summed E-state index contributed by atoms with van der Waals surface area (Å²) in [5.41, 5.74) is 1.84. The van der Waals surface area contributed by atoms with Crippen LogP contribution in [0.2, 0.25) is 5.02 Å². The Morgan fingerprint density at radius 1 is 1.13 bits per heavy atom. The summed E-state index contributed by atoms with van der Waals surface area (Å²) in [5.74, 6) is -0.450. The number of benzene rings is 2. The fraction of sp³-hybridized carbons (Fsp3) is 0.227. The van der Waals surface area contributed by atoms with Crippen LogP contribution in [0.25, 0.3) is 0 Å². The number of anilines is 1. The number of H-pyrrole nitrogens is 1. The van der Waals surface area contributed by atoms with Crippen LogP contribution in [0.3, 0.4) is 0 Å². The van der Waals surface area contributed by atoms with Gasteiger partial charge in [-0.3, -0.25) is 19.6 Å². The van der Waals surface area contributed by atoms with E-state index < -0.39 is 5.91 Å². The third kappa shape index (κ3) is 5.15. The van der Waals surface area contributed by atoms with E-state index in [1.165, 1.54) is 5.56 Å². The number of aromatic nitrogens is 2. The molecule has 2 aromatic carbocycles. The first-order chi connectivity index (χ1) is 15.0. The molecule has 1 aliphatic heterocycles. The number of hydrogen-bond donors (Lipinski definition) is 3. The van der Waals surface area contributed by atoms with Crippen LogP contribution < -0.4 is 10.6 Å². The number of likely N-dealkylation sites (tertiary alicyclic amines) is 1. The molecule has 3 aromatic rings. The maximum atomic E-state index is 12.7. The van der Waals surface area contributed by atoms with E-state index >= 15 is 0 Å². The summed E-state index contributed by atoms with van der Waals surface area (Å²) in [6.45, 7) is 2.56. The van der Waals surface area contributed by atoms with Crippen LogP contribution in [0, 0.1) is 0 Å². The van der Waals surface area contributed by atoms with Gasteiger partial charge in [0.2, 0.25) is 0 Å². The Balaban J connectivity index is 1.35. The molecular formula is C22H21BrClN5O2. The minimum absolute atomic E-state index is 0.0487. The molecule has 0 radical (unpaired) electrons. The number of rotatable bonds is 6. The second kappa shape index (κ2) is 9.64. The lowest BCUT2D eigenvalue weighted by Crippen LogP contribution is -2.37. The summed E-state index contributed by atoms with van der Waals surface area (Å²) >= 11 is 9.43. The van der Waals surface area contributed by atoms with Gasteiger partial charge in [0.25, 0.3) is 11.8 Å². The lowest BCUT2D eigenvalue weighted by atomic mass is 10.2. The molecule has 1 atom stereocenters. The summed E-state index contributed by atoms with van der Waals surface area (Å²) in [6.07, 6.45) is 0.875. The molecule has 1 saturated heterocycles. The number of halogens is 2. The minimum Gasteiger partial charge on any atom is -0.347 e. The second-order valence-electron chi connectivity index (χ2n) is 7.37. The van der Waals surface area contributed by atoms with Crippen molar-refractivity contribution in [1.29, 1.82) is 0 Å². The summed E-state index contributed by atoms with van der Waals surface area (Å²) in [4.78, 5) is 27.5. The van der Waals surface area contributed by atoms with Gasteiger partial charge < -0.3 is 10.6 Å². The molecule has 160 valence electrons. The van der Waals surface area contributed by atoms with Crippen LogP contribution in [-0.4, -0.2) is 46.0 Å². The average Bonchev–Trinajstić information content (AvgIpc) is 3.35. The van der Waals surface area contributed by atoms with Gasteiger partial charge in [0, 0.05) is 25.7 Å². The number of aromatic amines is 1. The zero-order valence-corrected chi connectivity index (χ0v) is 18.9. The number of carbonyl (C=O) groups excluding carboxylic acids is 2. The minimum atomic E-state index is -0.405. The quantitative estimate of drug-likeness (QED) is 0.474. The van der Waals surface area contributed by atoms with Crippen molar-refractivity contribution in [1.82, 2.24) is 20.4 Å². The molecule has 9 heteroatoms. The van der Waals surface area contributed by atoms with Gasteiger partial charge in [0.05, 0.1) is 15.1 Å². The van der Waals surface area contributed by atoms with E-state index in [-0.39, 0.29) is 23.5 Å². The van der Waals surface area contributed by atoms with Gasteiger partial charge in [-0.05, 0) is 40.0 Å². The first-order valence-electron chi connectivity index (χ1n) is 9.88. The molecule has 7 nitrogen and oxygen atoms in total. The van der Waals surface area contributed by atoms with Crippen molar-refractivity contribution >= 4 is 45.2 Å². The molecule has 0 spiro atoms. The van der Waals surface area contributed by atoms with E-state index in [0.717, 1.165) is 26.1 Å². The maximum absolute atomic E-state index is 12.7. The number of carbonyl (C=O) groups is 2. The highest BCUT2D eigenvalue weighted by molar-refractivity contribution is 9.10. The molecule has 1 aliphatic rings. The number of nitrogens with zero attached hydrogens (tertiary/aromatic N) is 2. The number of nitrogens with one attached hydrogen (secondary N) is 3. The molecule has 2 amide bonds. The fourth-order valence-corrected chi connectivity index (χ4v) is 4.25. The molecule has 2 heterocycles. The van der Waals surface area contributed by atoms with Crippen LogP contribution in [-0.2, 0) is 6.54 Å². The lowest BCUT2D eigenvalue weighted by molar-refractivity contribution is 0.0931. The van der Waals surface area contributed by atoms with Crippen molar-refractivity contribution in [2.45, 2.75) is 19.0 Å². The summed E-state index contributed by atoms with van der Waals surface area (Å²) in [6, 6.07) is 17.0. The third-order valence-electron chi connectivity index (χ3n) is 5.14. The molecule has 0 saturated carbocycles. The Labute approximate surface area is 193 Å². The van der Waals surface area contributed by atoms with Gasteiger partial charge in [0.15, 0.2) is 5.82 Å². The van der Waals surface area contributed by atoms with E-state index in [1.807, 2.05) is 18.2 Å². The van der Waals surface area contributed by atoms with Crippen LogP contribution >= 0.6 is 27.5 Å². The summed E-state index contributed by atoms with van der Waals surface area (Å²) in [7, 11) is 0. The SMILES string of the molecule is O=C(Nc1n[nH]c(C(=O)NC2CCN(Cc3ccccc3)C2)c1Br)c1ccccc1Cl. The Morgan fingerprint density at radius 3 is 2.65 bits per heavy atom. The van der Waals surface area contributed by atoms with Gasteiger partial charge in [0.1, 0.15) is 5.69 Å². The third-order valence-corrected chi connectivity index (χ3v) is 6.24. The van der Waals surface area contributed by atoms with Gasteiger partial charge in [-0.15, -0.1) is 0 Å². The van der Waals surface area contributed by atoms with Crippen LogP contribution in [0.1, 0.15) is 32.8 Å². The predicted octanol–water partition coefficient (Wildman–Crippen LogP) is 4.08. The highest BCUT2D eigenvalue weighted by Crippen LogP contribution is 2.25. The van der Waals surface area contributed by atoms with Crippen molar-refractivity contribution in [2.75, 3.05) is 18.4 Å². The van der Waals surface area contributed by atoms with Gasteiger partial charge >= 0.3 is 0 Å². The van der Waals surface area contributed by atoms with Crippen LogP contribution in [0.4, 0.5) is 5.82 Å². The predicted molar refractivity (Wildman–Crippen MR) is 123 cm³/mol. The molecule has 0 aliphatic carbocycles. The van der Waals surface area contributed by atoms with Gasteiger partial charge in [-0.2, -0.15) is 5.10 Å². The van der Waals surface area contributed by atoms with E-state index in [2.05, 4.69) is 53.8 Å². The average molecular weight is 503 g/mol. The monoisotopic (exact) mass is 501 g/mol. The standard InChI is InChI=1S/C22H21BrClN5O2/c23-18-19(27-28-20(18)26-21(30)16-8-4-5-9-17(16)24)22(31)25-15-10-11-29(13-15)12-14-6-2-1-3-7-14/h1-9,15H,10-13H2,(H,25,31)(H2,26,27,28,30). The van der Waals surface area contributed by atoms with Crippen molar-refractivity contribution < 1.29 is 9.59 Å². The largest absolute Gasteiger partial charge is 0.347 e. The van der Waals surface area contributed by atoms with Crippen molar-refractivity contribution in [3.8, 4) is 0 Å². The first kappa shape index (κ1) is 21.5. The topological polar surface area (TPSA) is 90.1 Å². The highest BCUT2D eigenvalue weighted by atomic mass is 79.9. The smallest absolute Gasteiger partial charge is 0.270 e. The lowest BCUT2D eigenvalue weighted by Gasteiger charge is -2.16. The van der Waals surface area contributed by atoms with Crippen molar-refractivity contribution in [3.63, 3.8) is 0 Å². The molecule has 1 fully saturated rings. The maximum Gasteiger partial charge on any atom is 0.270 e. The molecule has 31 heavy (non-hydrogen) atoms. The van der Waals surface area contributed by atoms with E-state index in [1.54, 1.807) is 24.3 Å². The Morgan fingerprint density at radius 2 is 1.87 bits per heavy atom. The highest BCUT2D eigenvalue weighted by Gasteiger charge is 2.26. The summed E-state index contributed by atoms with van der Waals surface area (Å²) in [5, 5.41) is 12.8. The van der Waals surface area contributed by atoms with Crippen LogP contribution in [0.15, 0.2) is 59.1 Å². The molecule has 3 N–H and O–H groups in total. The fourth-order valence-electron chi connectivity index (χ4n) is 3.58. The molecular weight excluding hydrogens is 482 g/mol. The van der Waals surface area contributed by atoms with Crippen molar-refractivity contribution in [2.24, 2.45) is 0 Å². The normalized spacial score (nSPS) is 16.3. The van der Waals surface area contributed by atoms with Gasteiger partial charge in [-0.25, -0.2) is 0 Å². The van der Waals surface area contributed by atoms with Crippen LogP contribution in [0.5, 0.6) is 0 Å². The molecule has 1 aromatic heterocycles. The number of hydrogen-bond acceptors (Lipinski definition) is 4.